The number of hydrogen-bond acceptors (Lipinski definition) is 4. The Bertz CT molecular complexity index is 471. The van der Waals surface area contributed by atoms with Crippen molar-refractivity contribution in [1.29, 1.82) is 0 Å². The third kappa shape index (κ3) is 2.21. The minimum atomic E-state index is -0.279. The molecule has 78 valence electrons. The van der Waals surface area contributed by atoms with Gasteiger partial charge in [0.05, 0.1) is 5.39 Å². The Morgan fingerprint density at radius 3 is 2.53 bits per heavy atom. The second-order valence-corrected chi connectivity index (χ2v) is 4.33. The topological polar surface area (TPSA) is 47.9 Å². The molecule has 0 spiro atoms. The summed E-state index contributed by atoms with van der Waals surface area (Å²) in [5, 5.41) is 12.4. The van der Waals surface area contributed by atoms with Gasteiger partial charge in [0, 0.05) is 0 Å². The number of hydrogen-bond donors (Lipinski definition) is 0. The summed E-state index contributed by atoms with van der Waals surface area (Å²) in [4.78, 5) is 0. The third-order valence-electron chi connectivity index (χ3n) is 1.83. The van der Waals surface area contributed by atoms with Gasteiger partial charge in [-0.05, 0) is 38.1 Å². The molecule has 2 aromatic rings. The van der Waals surface area contributed by atoms with E-state index in [1.54, 1.807) is 0 Å². The van der Waals surface area contributed by atoms with E-state index in [1.807, 2.05) is 45.0 Å². The summed E-state index contributed by atoms with van der Waals surface area (Å²) in [6, 6.07) is 7.66. The van der Waals surface area contributed by atoms with E-state index >= 15 is 0 Å². The van der Waals surface area contributed by atoms with Crippen LogP contribution in [0, 0.1) is 0 Å². The zero-order chi connectivity index (χ0) is 10.9. The van der Waals surface area contributed by atoms with Crippen LogP contribution in [-0.2, 0) is 0 Å². The normalized spacial score (nSPS) is 11.7. The summed E-state index contributed by atoms with van der Waals surface area (Å²) in [5.74, 6) is 0.535. The SMILES string of the molecule is CC(C)(C)Oc1nnnc2ccccc12. The minimum absolute atomic E-state index is 0.279. The first kappa shape index (κ1) is 9.83. The maximum Gasteiger partial charge on any atom is 0.245 e. The van der Waals surface area contributed by atoms with Crippen LogP contribution < -0.4 is 4.74 Å². The van der Waals surface area contributed by atoms with Gasteiger partial charge in [-0.3, -0.25) is 0 Å². The van der Waals surface area contributed by atoms with Crippen LogP contribution >= 0.6 is 0 Å². The Kier molecular flexibility index (Phi) is 2.26. The molecular weight excluding hydrogens is 190 g/mol. The van der Waals surface area contributed by atoms with Gasteiger partial charge in [-0.2, -0.15) is 0 Å². The maximum atomic E-state index is 5.70. The van der Waals surface area contributed by atoms with Crippen LogP contribution in [0.5, 0.6) is 5.88 Å². The number of fused-ring (bicyclic) bond motifs is 1. The monoisotopic (exact) mass is 203 g/mol. The van der Waals surface area contributed by atoms with Crippen molar-refractivity contribution in [3.05, 3.63) is 24.3 Å². The summed E-state index contributed by atoms with van der Waals surface area (Å²) < 4.78 is 5.70. The van der Waals surface area contributed by atoms with Crippen molar-refractivity contribution in [2.45, 2.75) is 26.4 Å². The fraction of sp³-hybridized carbons (Fsp3) is 0.364. The highest BCUT2D eigenvalue weighted by Crippen LogP contribution is 2.23. The minimum Gasteiger partial charge on any atom is -0.470 e. The lowest BCUT2D eigenvalue weighted by Crippen LogP contribution is -2.24. The lowest BCUT2D eigenvalue weighted by molar-refractivity contribution is 0.124. The summed E-state index contributed by atoms with van der Waals surface area (Å²) in [5.41, 5.74) is 0.519. The van der Waals surface area contributed by atoms with Crippen LogP contribution in [0.1, 0.15) is 20.8 Å². The van der Waals surface area contributed by atoms with E-state index in [0.717, 1.165) is 10.9 Å². The van der Waals surface area contributed by atoms with Crippen molar-refractivity contribution in [1.82, 2.24) is 15.4 Å². The molecule has 4 heteroatoms. The Balaban J connectivity index is 2.52. The van der Waals surface area contributed by atoms with E-state index in [1.165, 1.54) is 0 Å². The molecule has 0 aliphatic heterocycles. The van der Waals surface area contributed by atoms with Crippen molar-refractivity contribution in [2.75, 3.05) is 0 Å². The Morgan fingerprint density at radius 1 is 1.07 bits per heavy atom. The molecule has 2 rings (SSSR count). The molecule has 1 aromatic carbocycles. The molecule has 0 atom stereocenters. The van der Waals surface area contributed by atoms with E-state index < -0.39 is 0 Å². The maximum absolute atomic E-state index is 5.70. The first-order valence-electron chi connectivity index (χ1n) is 4.83. The van der Waals surface area contributed by atoms with E-state index in [4.69, 9.17) is 4.74 Å². The van der Waals surface area contributed by atoms with Gasteiger partial charge in [0.15, 0.2) is 0 Å². The number of aromatic nitrogens is 3. The summed E-state index contributed by atoms with van der Waals surface area (Å²) in [7, 11) is 0. The molecule has 0 aliphatic carbocycles. The number of nitrogens with zero attached hydrogens (tertiary/aromatic N) is 3. The van der Waals surface area contributed by atoms with Crippen LogP contribution in [0.2, 0.25) is 0 Å². The van der Waals surface area contributed by atoms with Crippen molar-refractivity contribution in [3.8, 4) is 5.88 Å². The summed E-state index contributed by atoms with van der Waals surface area (Å²) >= 11 is 0. The molecule has 4 nitrogen and oxygen atoms in total. The van der Waals surface area contributed by atoms with Gasteiger partial charge in [-0.15, -0.1) is 5.10 Å². The van der Waals surface area contributed by atoms with Crippen LogP contribution in [0.15, 0.2) is 24.3 Å². The predicted molar refractivity (Wildman–Crippen MR) is 57.7 cm³/mol. The molecule has 0 N–H and O–H groups in total. The molecule has 1 aromatic heterocycles. The average Bonchev–Trinajstić information content (AvgIpc) is 2.16. The molecule has 0 saturated heterocycles. The zero-order valence-electron chi connectivity index (χ0n) is 9.06. The van der Waals surface area contributed by atoms with Crippen molar-refractivity contribution >= 4 is 10.9 Å². The lowest BCUT2D eigenvalue weighted by Gasteiger charge is -2.20. The van der Waals surface area contributed by atoms with Gasteiger partial charge in [-0.25, -0.2) is 0 Å². The largest absolute Gasteiger partial charge is 0.470 e. The summed E-state index contributed by atoms with van der Waals surface area (Å²) in [6.07, 6.45) is 0. The van der Waals surface area contributed by atoms with Gasteiger partial charge in [0.1, 0.15) is 11.1 Å². The highest BCUT2D eigenvalue weighted by atomic mass is 16.5. The van der Waals surface area contributed by atoms with Crippen molar-refractivity contribution < 1.29 is 4.74 Å². The smallest absolute Gasteiger partial charge is 0.245 e. The van der Waals surface area contributed by atoms with Crippen LogP contribution in [0.25, 0.3) is 10.9 Å². The third-order valence-corrected chi connectivity index (χ3v) is 1.83. The Morgan fingerprint density at radius 2 is 1.80 bits per heavy atom. The number of rotatable bonds is 1. The first-order chi connectivity index (χ1) is 7.06. The molecule has 0 aliphatic rings. The van der Waals surface area contributed by atoms with Gasteiger partial charge in [0.25, 0.3) is 0 Å². The van der Waals surface area contributed by atoms with E-state index in [-0.39, 0.29) is 5.60 Å². The average molecular weight is 203 g/mol. The molecule has 0 saturated carbocycles. The fourth-order valence-corrected chi connectivity index (χ4v) is 1.27. The molecule has 15 heavy (non-hydrogen) atoms. The fourth-order valence-electron chi connectivity index (χ4n) is 1.27. The predicted octanol–water partition coefficient (Wildman–Crippen LogP) is 2.20. The quantitative estimate of drug-likeness (QED) is 0.712. The molecule has 0 unspecified atom stereocenters. The van der Waals surface area contributed by atoms with E-state index in [9.17, 15) is 0 Å². The molecule has 1 heterocycles. The number of benzene rings is 1. The molecular formula is C11H13N3O. The van der Waals surface area contributed by atoms with Gasteiger partial charge in [0.2, 0.25) is 5.88 Å². The van der Waals surface area contributed by atoms with E-state index in [0.29, 0.717) is 5.88 Å². The second kappa shape index (κ2) is 3.46. The molecule has 0 radical (unpaired) electrons. The zero-order valence-corrected chi connectivity index (χ0v) is 9.06. The Hall–Kier alpha value is -1.71. The second-order valence-electron chi connectivity index (χ2n) is 4.33. The Labute approximate surface area is 88.3 Å². The first-order valence-corrected chi connectivity index (χ1v) is 4.83. The van der Waals surface area contributed by atoms with E-state index in [2.05, 4.69) is 15.4 Å². The molecule has 0 amide bonds. The van der Waals surface area contributed by atoms with Crippen LogP contribution in [0.4, 0.5) is 0 Å². The van der Waals surface area contributed by atoms with Gasteiger partial charge < -0.3 is 4.74 Å². The standard InChI is InChI=1S/C11H13N3O/c1-11(2,3)15-10-8-6-4-5-7-9(8)12-14-13-10/h4-7H,1-3H3. The lowest BCUT2D eigenvalue weighted by atomic mass is 10.2. The molecule has 0 fully saturated rings. The number of ether oxygens (including phenoxy) is 1. The highest BCUT2D eigenvalue weighted by molar-refractivity contribution is 5.82. The van der Waals surface area contributed by atoms with Crippen molar-refractivity contribution in [2.24, 2.45) is 0 Å². The molecule has 0 bridgehead atoms. The van der Waals surface area contributed by atoms with Gasteiger partial charge >= 0.3 is 0 Å². The van der Waals surface area contributed by atoms with Crippen molar-refractivity contribution in [3.63, 3.8) is 0 Å². The highest BCUT2D eigenvalue weighted by Gasteiger charge is 2.15. The van der Waals surface area contributed by atoms with Crippen LogP contribution in [0.3, 0.4) is 0 Å². The summed E-state index contributed by atoms with van der Waals surface area (Å²) in [6.45, 7) is 5.93. The van der Waals surface area contributed by atoms with Crippen LogP contribution in [-0.4, -0.2) is 21.0 Å². The van der Waals surface area contributed by atoms with Gasteiger partial charge in [-0.1, -0.05) is 17.2 Å².